The number of aromatic nitrogens is 1. The lowest BCUT2D eigenvalue weighted by Crippen LogP contribution is -2.32. The molecule has 1 N–H and O–H groups in total. The topological polar surface area (TPSA) is 62.3 Å². The third kappa shape index (κ3) is 5.05. The van der Waals surface area contributed by atoms with Gasteiger partial charge < -0.3 is 10.2 Å². The van der Waals surface area contributed by atoms with E-state index in [1.165, 1.54) is 16.9 Å². The van der Waals surface area contributed by atoms with E-state index >= 15 is 0 Å². The van der Waals surface area contributed by atoms with Gasteiger partial charge in [0.1, 0.15) is 0 Å². The second kappa shape index (κ2) is 9.12. The minimum atomic E-state index is -0.0971. The number of anilines is 2. The first-order valence-electron chi connectivity index (χ1n) is 9.10. The Morgan fingerprint density at radius 2 is 1.96 bits per heavy atom. The Bertz CT molecular complexity index is 964. The minimum absolute atomic E-state index is 0.00350. The Hall–Kier alpha value is -2.51. The summed E-state index contributed by atoms with van der Waals surface area (Å²) in [5.41, 5.74) is 3.85. The Morgan fingerprint density at radius 3 is 2.64 bits per heavy atom. The van der Waals surface area contributed by atoms with Crippen LogP contribution in [0.25, 0.3) is 0 Å². The molecule has 5 nitrogen and oxygen atoms in total. The predicted octanol–water partition coefficient (Wildman–Crippen LogP) is 4.60. The Labute approximate surface area is 173 Å². The van der Waals surface area contributed by atoms with Gasteiger partial charge in [0.15, 0.2) is 5.13 Å². The van der Waals surface area contributed by atoms with Gasteiger partial charge in [-0.3, -0.25) is 9.59 Å². The number of hydrogen-bond acceptors (Lipinski definition) is 5. The average Bonchev–Trinajstić information content (AvgIpc) is 3.29. The van der Waals surface area contributed by atoms with E-state index in [2.05, 4.69) is 16.4 Å². The highest BCUT2D eigenvalue weighted by Crippen LogP contribution is 2.23. The van der Waals surface area contributed by atoms with Gasteiger partial charge in [0, 0.05) is 22.5 Å². The number of benzene rings is 1. The van der Waals surface area contributed by atoms with Gasteiger partial charge in [0.25, 0.3) is 0 Å². The molecule has 0 aliphatic rings. The summed E-state index contributed by atoms with van der Waals surface area (Å²) in [6.07, 6.45) is 0.542. The third-order valence-corrected chi connectivity index (χ3v) is 5.99. The van der Waals surface area contributed by atoms with Gasteiger partial charge in [-0.25, -0.2) is 4.98 Å². The number of thiophene rings is 1. The molecule has 0 aliphatic carbocycles. The third-order valence-electron chi connectivity index (χ3n) is 4.31. The van der Waals surface area contributed by atoms with Gasteiger partial charge in [-0.2, -0.15) is 0 Å². The number of aryl methyl sites for hydroxylation is 2. The summed E-state index contributed by atoms with van der Waals surface area (Å²) >= 11 is 2.90. The number of carbonyl (C=O) groups is 2. The zero-order chi connectivity index (χ0) is 20.1. The van der Waals surface area contributed by atoms with E-state index in [4.69, 9.17) is 0 Å². The van der Waals surface area contributed by atoms with E-state index in [-0.39, 0.29) is 18.2 Å². The van der Waals surface area contributed by atoms with Crippen LogP contribution in [-0.2, 0) is 22.4 Å². The van der Waals surface area contributed by atoms with Crippen molar-refractivity contribution in [2.24, 2.45) is 0 Å². The number of likely N-dealkylation sites (N-methyl/N-ethyl adjacent to an activating group) is 1. The van der Waals surface area contributed by atoms with Crippen molar-refractivity contribution in [1.29, 1.82) is 0 Å². The molecule has 2 heterocycles. The van der Waals surface area contributed by atoms with Crippen LogP contribution < -0.4 is 10.2 Å². The lowest BCUT2D eigenvalue weighted by atomic mass is 10.1. The highest BCUT2D eigenvalue weighted by atomic mass is 32.1. The fourth-order valence-electron chi connectivity index (χ4n) is 3.02. The second-order valence-corrected chi connectivity index (χ2v) is 8.44. The molecule has 0 saturated carbocycles. The highest BCUT2D eigenvalue weighted by Gasteiger charge is 2.18. The molecule has 146 valence electrons. The molecule has 0 unspecified atom stereocenters. The number of hydrogen-bond donors (Lipinski definition) is 1. The van der Waals surface area contributed by atoms with Crippen LogP contribution in [0.3, 0.4) is 0 Å². The molecule has 0 bridgehead atoms. The Balaban J connectivity index is 1.63. The van der Waals surface area contributed by atoms with Crippen molar-refractivity contribution in [3.63, 3.8) is 0 Å². The van der Waals surface area contributed by atoms with Gasteiger partial charge in [0.05, 0.1) is 18.5 Å². The smallest absolute Gasteiger partial charge is 0.233 e. The van der Waals surface area contributed by atoms with Crippen molar-refractivity contribution < 1.29 is 9.59 Å². The van der Waals surface area contributed by atoms with E-state index in [1.54, 1.807) is 16.2 Å². The maximum atomic E-state index is 12.8. The van der Waals surface area contributed by atoms with Crippen LogP contribution >= 0.6 is 22.7 Å². The maximum Gasteiger partial charge on any atom is 0.233 e. The summed E-state index contributed by atoms with van der Waals surface area (Å²) in [6.45, 7) is 6.62. The fourth-order valence-corrected chi connectivity index (χ4v) is 4.45. The van der Waals surface area contributed by atoms with Gasteiger partial charge in [-0.05, 0) is 43.8 Å². The molecule has 7 heteroatoms. The van der Waals surface area contributed by atoms with E-state index in [0.29, 0.717) is 23.8 Å². The second-order valence-electron chi connectivity index (χ2n) is 6.55. The first-order valence-corrected chi connectivity index (χ1v) is 10.9. The van der Waals surface area contributed by atoms with E-state index in [9.17, 15) is 9.59 Å². The molecule has 3 aromatic rings. The molecule has 0 aliphatic heterocycles. The van der Waals surface area contributed by atoms with E-state index < -0.39 is 0 Å². The zero-order valence-corrected chi connectivity index (χ0v) is 17.8. The number of carbonyl (C=O) groups excluding carboxylic acids is 2. The zero-order valence-electron chi connectivity index (χ0n) is 16.2. The predicted molar refractivity (Wildman–Crippen MR) is 116 cm³/mol. The molecule has 0 spiro atoms. The van der Waals surface area contributed by atoms with Crippen LogP contribution in [0.15, 0.2) is 41.1 Å². The van der Waals surface area contributed by atoms with Crippen LogP contribution in [0.4, 0.5) is 10.8 Å². The molecule has 2 amide bonds. The van der Waals surface area contributed by atoms with E-state index in [0.717, 1.165) is 16.1 Å². The highest BCUT2D eigenvalue weighted by molar-refractivity contribution is 7.14. The molecule has 0 fully saturated rings. The van der Waals surface area contributed by atoms with Crippen LogP contribution in [0, 0.1) is 13.8 Å². The first kappa shape index (κ1) is 20.2. The summed E-state index contributed by atoms with van der Waals surface area (Å²) < 4.78 is 0. The fraction of sp³-hybridized carbons (Fsp3) is 0.286. The summed E-state index contributed by atoms with van der Waals surface area (Å²) in [6, 6.07) is 9.94. The molecule has 0 atom stereocenters. The van der Waals surface area contributed by atoms with Gasteiger partial charge >= 0.3 is 0 Å². The molecule has 0 saturated heterocycles. The van der Waals surface area contributed by atoms with Crippen LogP contribution in [0.5, 0.6) is 0 Å². The molecule has 0 radical (unpaired) electrons. The van der Waals surface area contributed by atoms with Crippen molar-refractivity contribution >= 4 is 45.3 Å². The molecule has 1 aromatic carbocycles. The molecular formula is C21H23N3O2S2. The van der Waals surface area contributed by atoms with Crippen LogP contribution in [0.2, 0.25) is 0 Å². The summed E-state index contributed by atoms with van der Waals surface area (Å²) in [7, 11) is 0. The Kier molecular flexibility index (Phi) is 6.59. The summed E-state index contributed by atoms with van der Waals surface area (Å²) in [5.74, 6) is -0.101. The van der Waals surface area contributed by atoms with E-state index in [1.807, 2.05) is 55.8 Å². The standard InChI is InChI=1S/C21H23N3O2S2/c1-4-24(18-8-7-14(2)10-15(18)3)20(26)11-16-13-28-21(22-16)23-19(25)12-17-6-5-9-27-17/h5-10,13H,4,11-12H2,1-3H3,(H,22,23,25). The lowest BCUT2D eigenvalue weighted by molar-refractivity contribution is -0.118. The first-order chi connectivity index (χ1) is 13.5. The molecule has 28 heavy (non-hydrogen) atoms. The van der Waals surface area contributed by atoms with Crippen LogP contribution in [-0.4, -0.2) is 23.3 Å². The normalized spacial score (nSPS) is 10.7. The SMILES string of the molecule is CCN(C(=O)Cc1csc(NC(=O)Cc2cccs2)n1)c1ccc(C)cc1C. The number of thiazole rings is 1. The maximum absolute atomic E-state index is 12.8. The van der Waals surface area contributed by atoms with Crippen LogP contribution in [0.1, 0.15) is 28.6 Å². The molecular weight excluding hydrogens is 390 g/mol. The lowest BCUT2D eigenvalue weighted by Gasteiger charge is -2.23. The summed E-state index contributed by atoms with van der Waals surface area (Å²) in [4.78, 5) is 32.1. The number of nitrogens with zero attached hydrogens (tertiary/aromatic N) is 2. The minimum Gasteiger partial charge on any atom is -0.312 e. The largest absolute Gasteiger partial charge is 0.312 e. The van der Waals surface area contributed by atoms with Gasteiger partial charge in [-0.15, -0.1) is 22.7 Å². The number of amides is 2. The number of rotatable bonds is 7. The molecule has 2 aromatic heterocycles. The Morgan fingerprint density at radius 1 is 1.14 bits per heavy atom. The molecule has 3 rings (SSSR count). The van der Waals surface area contributed by atoms with Crippen molar-refractivity contribution in [2.75, 3.05) is 16.8 Å². The van der Waals surface area contributed by atoms with Gasteiger partial charge in [-0.1, -0.05) is 23.8 Å². The van der Waals surface area contributed by atoms with Crippen molar-refractivity contribution in [3.8, 4) is 0 Å². The summed E-state index contributed by atoms with van der Waals surface area (Å²) in [5, 5.41) is 7.12. The number of nitrogens with one attached hydrogen (secondary N) is 1. The van der Waals surface area contributed by atoms with Crippen molar-refractivity contribution in [3.05, 3.63) is 62.8 Å². The van der Waals surface area contributed by atoms with Gasteiger partial charge in [0.2, 0.25) is 11.8 Å². The van der Waals surface area contributed by atoms with Crippen molar-refractivity contribution in [2.45, 2.75) is 33.6 Å². The van der Waals surface area contributed by atoms with Crippen molar-refractivity contribution in [1.82, 2.24) is 4.98 Å². The monoisotopic (exact) mass is 413 g/mol. The average molecular weight is 414 g/mol. The quantitative estimate of drug-likeness (QED) is 0.616.